The van der Waals surface area contributed by atoms with Crippen LogP contribution in [0.25, 0.3) is 0 Å². The minimum atomic E-state index is -0.509. The van der Waals surface area contributed by atoms with Crippen LogP contribution in [0, 0.1) is 0 Å². The van der Waals surface area contributed by atoms with Crippen LogP contribution in [-0.4, -0.2) is 71.4 Å². The van der Waals surface area contributed by atoms with Gasteiger partial charge in [-0.1, -0.05) is 48.5 Å². The third-order valence-corrected chi connectivity index (χ3v) is 7.33. The fourth-order valence-electron chi connectivity index (χ4n) is 5.10. The van der Waals surface area contributed by atoms with Gasteiger partial charge in [0.15, 0.2) is 6.29 Å². The van der Waals surface area contributed by atoms with E-state index in [1.54, 1.807) is 12.4 Å². The molecule has 0 unspecified atom stereocenters. The van der Waals surface area contributed by atoms with E-state index in [-0.39, 0.29) is 24.8 Å². The van der Waals surface area contributed by atoms with E-state index in [4.69, 9.17) is 9.47 Å². The van der Waals surface area contributed by atoms with Gasteiger partial charge in [-0.3, -0.25) is 4.90 Å². The second-order valence-corrected chi connectivity index (χ2v) is 10.1. The lowest BCUT2D eigenvalue weighted by molar-refractivity contribution is -0.253. The lowest BCUT2D eigenvalue weighted by Gasteiger charge is -2.40. The highest BCUT2D eigenvalue weighted by Crippen LogP contribution is 2.38. The molecule has 3 heterocycles. The quantitative estimate of drug-likeness (QED) is 0.375. The van der Waals surface area contributed by atoms with Gasteiger partial charge in [-0.2, -0.15) is 0 Å². The number of amides is 2. The second kappa shape index (κ2) is 13.7. The number of aromatic nitrogens is 2. The number of aliphatic hydroxyl groups is 1. The van der Waals surface area contributed by atoms with E-state index in [2.05, 4.69) is 30.4 Å². The monoisotopic (exact) mass is 546 g/mol. The Hall–Kier alpha value is -3.57. The van der Waals surface area contributed by atoms with Gasteiger partial charge in [-0.25, -0.2) is 14.8 Å². The Balaban J connectivity index is 1.25. The first-order valence-electron chi connectivity index (χ1n) is 14.0. The maximum atomic E-state index is 11.7. The zero-order valence-corrected chi connectivity index (χ0v) is 22.9. The predicted molar refractivity (Wildman–Crippen MR) is 151 cm³/mol. The number of nitrogens with zero attached hydrogens (tertiary/aromatic N) is 4. The standard InChI is InChI=1S/C30H38N6O4/c1-2-31-30(38)34-19-22-4-10-25(11-5-22)28-39-26(18-27(40-28)24-8-6-23(21-37)7-9-24)20-35-14-16-36(17-15-35)29-32-12-3-13-33-29/h3-13,26-28,37H,2,14-21H2,1H3,(H2,31,34,38)/t26-,27+,28+/m1/s1. The highest BCUT2D eigenvalue weighted by Gasteiger charge is 2.34. The van der Waals surface area contributed by atoms with Crippen LogP contribution in [0.4, 0.5) is 10.7 Å². The zero-order chi connectivity index (χ0) is 27.7. The molecule has 40 heavy (non-hydrogen) atoms. The summed E-state index contributed by atoms with van der Waals surface area (Å²) in [5, 5.41) is 15.1. The van der Waals surface area contributed by atoms with Crippen molar-refractivity contribution in [2.24, 2.45) is 0 Å². The SMILES string of the molecule is CCNC(=O)NCc1ccc([C@H]2O[C@@H](CN3CCN(c4ncccn4)CC3)C[C@@H](c3ccc(CO)cc3)O2)cc1. The van der Waals surface area contributed by atoms with E-state index in [9.17, 15) is 9.90 Å². The van der Waals surface area contributed by atoms with Crippen LogP contribution in [0.3, 0.4) is 0 Å². The molecule has 0 radical (unpaired) electrons. The lowest BCUT2D eigenvalue weighted by atomic mass is 9.99. The van der Waals surface area contributed by atoms with Gasteiger partial charge in [0.1, 0.15) is 0 Å². The molecule has 2 aromatic carbocycles. The Bertz CT molecular complexity index is 1200. The number of benzene rings is 2. The Morgan fingerprint density at radius 1 is 0.925 bits per heavy atom. The van der Waals surface area contributed by atoms with Crippen molar-refractivity contribution in [3.63, 3.8) is 0 Å². The molecule has 10 nitrogen and oxygen atoms in total. The van der Waals surface area contributed by atoms with Crippen LogP contribution in [0.2, 0.25) is 0 Å². The Labute approximate surface area is 235 Å². The summed E-state index contributed by atoms with van der Waals surface area (Å²) in [5.74, 6) is 0.778. The summed E-state index contributed by atoms with van der Waals surface area (Å²) in [4.78, 5) is 25.2. The molecule has 2 saturated heterocycles. The third-order valence-electron chi connectivity index (χ3n) is 7.33. The van der Waals surface area contributed by atoms with Crippen molar-refractivity contribution >= 4 is 12.0 Å². The minimum absolute atomic E-state index is 0.0140. The molecule has 10 heteroatoms. The molecule has 1 aromatic heterocycles. The highest BCUT2D eigenvalue weighted by atomic mass is 16.7. The number of hydrogen-bond acceptors (Lipinski definition) is 8. The summed E-state index contributed by atoms with van der Waals surface area (Å²) >= 11 is 0. The van der Waals surface area contributed by atoms with E-state index < -0.39 is 6.29 Å². The van der Waals surface area contributed by atoms with Gasteiger partial charge in [0.25, 0.3) is 0 Å². The Kier molecular flexibility index (Phi) is 9.56. The van der Waals surface area contributed by atoms with Gasteiger partial charge in [-0.05, 0) is 29.7 Å². The van der Waals surface area contributed by atoms with Gasteiger partial charge in [-0.15, -0.1) is 0 Å². The summed E-state index contributed by atoms with van der Waals surface area (Å²) < 4.78 is 13.0. The average molecular weight is 547 g/mol. The first kappa shape index (κ1) is 28.0. The number of carbonyl (C=O) groups excluding carboxylic acids is 1. The van der Waals surface area contributed by atoms with Crippen molar-refractivity contribution < 1.29 is 19.4 Å². The molecule has 3 N–H and O–H groups in total. The number of nitrogens with one attached hydrogen (secondary N) is 2. The summed E-state index contributed by atoms with van der Waals surface area (Å²) in [6, 6.07) is 17.6. The van der Waals surface area contributed by atoms with Crippen LogP contribution < -0.4 is 15.5 Å². The van der Waals surface area contributed by atoms with Gasteiger partial charge >= 0.3 is 6.03 Å². The molecule has 0 bridgehead atoms. The minimum Gasteiger partial charge on any atom is -0.392 e. The molecule has 0 spiro atoms. The van der Waals surface area contributed by atoms with Crippen molar-refractivity contribution in [2.75, 3.05) is 44.2 Å². The number of urea groups is 1. The van der Waals surface area contributed by atoms with Crippen LogP contribution >= 0.6 is 0 Å². The number of hydrogen-bond donors (Lipinski definition) is 3. The van der Waals surface area contributed by atoms with Crippen LogP contribution in [0.1, 0.15) is 48.0 Å². The molecule has 3 aromatic rings. The molecule has 0 aliphatic carbocycles. The van der Waals surface area contributed by atoms with E-state index in [1.807, 2.05) is 61.5 Å². The van der Waals surface area contributed by atoms with Crippen LogP contribution in [0.15, 0.2) is 67.0 Å². The van der Waals surface area contributed by atoms with E-state index >= 15 is 0 Å². The van der Waals surface area contributed by atoms with E-state index in [0.717, 1.165) is 67.3 Å². The van der Waals surface area contributed by atoms with Crippen molar-refractivity contribution in [2.45, 2.75) is 45.0 Å². The third kappa shape index (κ3) is 7.33. The number of carbonyl (C=O) groups is 1. The zero-order valence-electron chi connectivity index (χ0n) is 22.9. The first-order valence-corrected chi connectivity index (χ1v) is 14.0. The van der Waals surface area contributed by atoms with Crippen molar-refractivity contribution in [1.82, 2.24) is 25.5 Å². The Morgan fingerprint density at radius 2 is 1.60 bits per heavy atom. The molecule has 2 aliphatic heterocycles. The molecule has 5 rings (SSSR count). The molecular formula is C30H38N6O4. The van der Waals surface area contributed by atoms with Gasteiger partial charge < -0.3 is 30.1 Å². The van der Waals surface area contributed by atoms with Crippen molar-refractivity contribution in [3.05, 3.63) is 89.2 Å². The normalized spacial score (nSPS) is 21.6. The molecule has 2 fully saturated rings. The van der Waals surface area contributed by atoms with E-state index in [1.165, 1.54) is 0 Å². The molecule has 0 saturated carbocycles. The Morgan fingerprint density at radius 3 is 2.27 bits per heavy atom. The summed E-state index contributed by atoms with van der Waals surface area (Å²) in [5.41, 5.74) is 3.89. The second-order valence-electron chi connectivity index (χ2n) is 10.1. The maximum absolute atomic E-state index is 11.7. The van der Waals surface area contributed by atoms with Crippen LogP contribution in [0.5, 0.6) is 0 Å². The number of anilines is 1. The van der Waals surface area contributed by atoms with E-state index in [0.29, 0.717) is 13.1 Å². The van der Waals surface area contributed by atoms with Crippen molar-refractivity contribution in [1.29, 1.82) is 0 Å². The topological polar surface area (TPSA) is 112 Å². The molecule has 2 amide bonds. The lowest BCUT2D eigenvalue weighted by Crippen LogP contribution is -2.50. The average Bonchev–Trinajstić information content (AvgIpc) is 3.01. The molecule has 212 valence electrons. The fourth-order valence-corrected chi connectivity index (χ4v) is 5.10. The van der Waals surface area contributed by atoms with Crippen LogP contribution in [-0.2, 0) is 22.6 Å². The van der Waals surface area contributed by atoms with Crippen molar-refractivity contribution in [3.8, 4) is 0 Å². The maximum Gasteiger partial charge on any atom is 0.315 e. The predicted octanol–water partition coefficient (Wildman–Crippen LogP) is 3.16. The van der Waals surface area contributed by atoms with Gasteiger partial charge in [0.05, 0.1) is 18.8 Å². The molecule has 3 atom stereocenters. The summed E-state index contributed by atoms with van der Waals surface area (Å²) in [6.07, 6.45) is 3.65. The smallest absolute Gasteiger partial charge is 0.315 e. The number of rotatable bonds is 9. The summed E-state index contributed by atoms with van der Waals surface area (Å²) in [6.45, 7) is 7.30. The first-order chi connectivity index (χ1) is 19.6. The largest absolute Gasteiger partial charge is 0.392 e. The molecular weight excluding hydrogens is 508 g/mol. The van der Waals surface area contributed by atoms with Gasteiger partial charge in [0, 0.05) is 70.2 Å². The number of aliphatic hydroxyl groups excluding tert-OH is 1. The number of ether oxygens (including phenoxy) is 2. The number of piperazine rings is 1. The molecule has 2 aliphatic rings. The van der Waals surface area contributed by atoms with Gasteiger partial charge in [0.2, 0.25) is 5.95 Å². The highest BCUT2D eigenvalue weighted by molar-refractivity contribution is 5.73. The summed E-state index contributed by atoms with van der Waals surface area (Å²) in [7, 11) is 0. The fraction of sp³-hybridized carbons (Fsp3) is 0.433.